The molecule has 1 unspecified atom stereocenters. The fraction of sp³-hybridized carbons (Fsp3) is 0.444. The SMILES string of the molecule is CCC(NC(=O)OCC1c2ccccc2-c2ccccc21)C(=O)N1CC2CCC1(C(=O)O)CC2. The van der Waals surface area contributed by atoms with Crippen LogP contribution in [0, 0.1) is 5.92 Å². The molecule has 2 aliphatic heterocycles. The number of amides is 2. The summed E-state index contributed by atoms with van der Waals surface area (Å²) in [6.45, 7) is 2.41. The quantitative estimate of drug-likeness (QED) is 0.672. The summed E-state index contributed by atoms with van der Waals surface area (Å²) in [5.41, 5.74) is 3.38. The highest BCUT2D eigenvalue weighted by Gasteiger charge is 2.54. The second kappa shape index (κ2) is 8.78. The third-order valence-electron chi connectivity index (χ3n) is 7.90. The second-order valence-corrected chi connectivity index (χ2v) is 9.66. The number of ether oxygens (including phenoxy) is 1. The van der Waals surface area contributed by atoms with E-state index in [2.05, 4.69) is 29.6 Å². The molecule has 2 bridgehead atoms. The molecular weight excluding hydrogens is 432 g/mol. The van der Waals surface area contributed by atoms with Crippen molar-refractivity contribution in [3.8, 4) is 11.1 Å². The first-order valence-electron chi connectivity index (χ1n) is 12.1. The first-order valence-corrected chi connectivity index (χ1v) is 12.1. The fourth-order valence-electron chi connectivity index (χ4n) is 5.98. The van der Waals surface area contributed by atoms with Gasteiger partial charge in [-0.1, -0.05) is 55.5 Å². The van der Waals surface area contributed by atoms with Gasteiger partial charge >= 0.3 is 12.1 Å². The molecule has 6 rings (SSSR count). The van der Waals surface area contributed by atoms with Crippen LogP contribution in [0.1, 0.15) is 56.1 Å². The van der Waals surface area contributed by atoms with Crippen LogP contribution in [-0.4, -0.2) is 52.7 Å². The lowest BCUT2D eigenvalue weighted by molar-refractivity contribution is -0.171. The van der Waals surface area contributed by atoms with E-state index in [1.165, 1.54) is 4.90 Å². The highest BCUT2D eigenvalue weighted by atomic mass is 16.5. The number of rotatable bonds is 6. The van der Waals surface area contributed by atoms with Crippen molar-refractivity contribution in [2.45, 2.75) is 56.5 Å². The zero-order valence-electron chi connectivity index (χ0n) is 19.3. The number of piperidine rings is 2. The maximum atomic E-state index is 13.3. The summed E-state index contributed by atoms with van der Waals surface area (Å²) in [7, 11) is 0. The molecule has 2 saturated heterocycles. The minimum absolute atomic E-state index is 0.0676. The van der Waals surface area contributed by atoms with Crippen LogP contribution in [0.4, 0.5) is 4.79 Å². The van der Waals surface area contributed by atoms with Crippen LogP contribution in [-0.2, 0) is 14.3 Å². The van der Waals surface area contributed by atoms with Crippen molar-refractivity contribution in [2.75, 3.05) is 13.2 Å². The molecule has 0 radical (unpaired) electrons. The Balaban J connectivity index is 1.26. The molecular formula is C27H30N2O5. The van der Waals surface area contributed by atoms with Gasteiger partial charge in [-0.25, -0.2) is 9.59 Å². The second-order valence-electron chi connectivity index (χ2n) is 9.66. The van der Waals surface area contributed by atoms with Gasteiger partial charge in [0.2, 0.25) is 5.91 Å². The van der Waals surface area contributed by atoms with Gasteiger partial charge in [0.15, 0.2) is 0 Å². The number of carbonyl (C=O) groups is 3. The molecule has 1 atom stereocenters. The zero-order valence-corrected chi connectivity index (χ0v) is 19.3. The lowest BCUT2D eigenvalue weighted by Gasteiger charge is -2.52. The third kappa shape index (κ3) is 3.63. The van der Waals surface area contributed by atoms with Crippen LogP contribution in [0.25, 0.3) is 11.1 Å². The monoisotopic (exact) mass is 462 g/mol. The van der Waals surface area contributed by atoms with Crippen molar-refractivity contribution in [3.63, 3.8) is 0 Å². The van der Waals surface area contributed by atoms with Crippen molar-refractivity contribution in [1.29, 1.82) is 0 Å². The molecule has 3 fully saturated rings. The molecule has 34 heavy (non-hydrogen) atoms. The summed E-state index contributed by atoms with van der Waals surface area (Å²) in [6.07, 6.45) is 2.30. The summed E-state index contributed by atoms with van der Waals surface area (Å²) in [4.78, 5) is 39.7. The van der Waals surface area contributed by atoms with Gasteiger partial charge in [-0.2, -0.15) is 0 Å². The molecule has 2 aliphatic carbocycles. The van der Waals surface area contributed by atoms with E-state index < -0.39 is 23.6 Å². The van der Waals surface area contributed by atoms with Crippen LogP contribution in [0.3, 0.4) is 0 Å². The zero-order chi connectivity index (χ0) is 23.9. The van der Waals surface area contributed by atoms with Gasteiger partial charge in [-0.15, -0.1) is 0 Å². The molecule has 178 valence electrons. The number of carboxylic acid groups (broad SMARTS) is 1. The van der Waals surface area contributed by atoms with E-state index in [0.717, 1.165) is 35.1 Å². The standard InChI is InChI=1S/C27H30N2O5/c1-2-23(24(30)29-15-17-11-13-27(29,14-12-17)25(31)32)28-26(33)34-16-22-20-9-5-3-7-18(20)19-8-4-6-10-21(19)22/h3-10,17,22-23H,2,11-16H2,1H3,(H,28,33)(H,31,32). The number of benzene rings is 2. The van der Waals surface area contributed by atoms with Crippen LogP contribution in [0.2, 0.25) is 0 Å². The van der Waals surface area contributed by atoms with E-state index in [9.17, 15) is 19.5 Å². The van der Waals surface area contributed by atoms with Crippen LogP contribution in [0.5, 0.6) is 0 Å². The summed E-state index contributed by atoms with van der Waals surface area (Å²) >= 11 is 0. The van der Waals surface area contributed by atoms with Gasteiger partial charge in [0, 0.05) is 12.5 Å². The van der Waals surface area contributed by atoms with Crippen molar-refractivity contribution < 1.29 is 24.2 Å². The Labute approximate surface area is 199 Å². The topological polar surface area (TPSA) is 95.9 Å². The fourth-order valence-corrected chi connectivity index (χ4v) is 5.98. The van der Waals surface area contributed by atoms with Crippen LogP contribution in [0.15, 0.2) is 48.5 Å². The maximum absolute atomic E-state index is 13.3. The summed E-state index contributed by atoms with van der Waals surface area (Å²) in [5, 5.41) is 12.6. The predicted molar refractivity (Wildman–Crippen MR) is 126 cm³/mol. The molecule has 7 nitrogen and oxygen atoms in total. The Morgan fingerprint density at radius 3 is 2.21 bits per heavy atom. The lowest BCUT2D eigenvalue weighted by Crippen LogP contribution is -2.67. The predicted octanol–water partition coefficient (Wildman–Crippen LogP) is 4.16. The van der Waals surface area contributed by atoms with Gasteiger partial charge in [0.25, 0.3) is 0 Å². The van der Waals surface area contributed by atoms with Gasteiger partial charge in [-0.3, -0.25) is 4.79 Å². The Morgan fingerprint density at radius 2 is 1.65 bits per heavy atom. The number of nitrogens with zero attached hydrogens (tertiary/aromatic N) is 1. The number of nitrogens with one attached hydrogen (secondary N) is 1. The van der Waals surface area contributed by atoms with Crippen molar-refractivity contribution in [2.24, 2.45) is 5.92 Å². The first-order chi connectivity index (χ1) is 16.4. The molecule has 7 heteroatoms. The largest absolute Gasteiger partial charge is 0.479 e. The van der Waals surface area contributed by atoms with Gasteiger partial charge in [-0.05, 0) is 60.3 Å². The Hall–Kier alpha value is -3.35. The number of fused-ring (bicyclic) bond motifs is 6. The number of alkyl carbamates (subject to hydrolysis) is 1. The Morgan fingerprint density at radius 1 is 1.06 bits per heavy atom. The van der Waals surface area contributed by atoms with Gasteiger partial charge in [0.1, 0.15) is 18.2 Å². The Kier molecular flexibility index (Phi) is 5.80. The van der Waals surface area contributed by atoms with Crippen LogP contribution < -0.4 is 5.32 Å². The van der Waals surface area contributed by atoms with Crippen LogP contribution >= 0.6 is 0 Å². The number of carboxylic acids is 1. The van der Waals surface area contributed by atoms with E-state index >= 15 is 0 Å². The number of hydrogen-bond donors (Lipinski definition) is 2. The minimum atomic E-state index is -1.15. The number of carbonyl (C=O) groups excluding carboxylic acids is 2. The molecule has 4 aliphatic rings. The molecule has 2 aromatic rings. The smallest absolute Gasteiger partial charge is 0.407 e. The highest BCUT2D eigenvalue weighted by molar-refractivity contribution is 5.92. The number of aliphatic carboxylic acids is 1. The normalized spacial score (nSPS) is 23.7. The van der Waals surface area contributed by atoms with Gasteiger partial charge in [0.05, 0.1) is 0 Å². The lowest BCUT2D eigenvalue weighted by atomic mass is 9.70. The molecule has 2 aromatic carbocycles. The van der Waals surface area contributed by atoms with E-state index in [4.69, 9.17) is 4.74 Å². The summed E-state index contributed by atoms with van der Waals surface area (Å²) in [5.74, 6) is -1.02. The summed E-state index contributed by atoms with van der Waals surface area (Å²) < 4.78 is 5.61. The number of hydrogen-bond acceptors (Lipinski definition) is 4. The molecule has 1 saturated carbocycles. The molecule has 2 amide bonds. The van der Waals surface area contributed by atoms with E-state index in [-0.39, 0.29) is 18.4 Å². The van der Waals surface area contributed by atoms with E-state index in [0.29, 0.717) is 31.7 Å². The maximum Gasteiger partial charge on any atom is 0.407 e. The Bertz CT molecular complexity index is 1080. The average Bonchev–Trinajstić information content (AvgIpc) is 3.20. The van der Waals surface area contributed by atoms with Crippen molar-refractivity contribution >= 4 is 18.0 Å². The first kappa shape index (κ1) is 22.4. The molecule has 0 spiro atoms. The highest BCUT2D eigenvalue weighted by Crippen LogP contribution is 2.45. The van der Waals surface area contributed by atoms with E-state index in [1.807, 2.05) is 31.2 Å². The molecule has 0 aromatic heterocycles. The molecule has 2 heterocycles. The van der Waals surface area contributed by atoms with Crippen molar-refractivity contribution in [3.05, 3.63) is 59.7 Å². The van der Waals surface area contributed by atoms with E-state index in [1.54, 1.807) is 0 Å². The third-order valence-corrected chi connectivity index (χ3v) is 7.90. The molecule has 2 N–H and O–H groups in total. The average molecular weight is 463 g/mol. The van der Waals surface area contributed by atoms with Crippen molar-refractivity contribution in [1.82, 2.24) is 10.2 Å². The summed E-state index contributed by atoms with van der Waals surface area (Å²) in [6, 6.07) is 15.4. The minimum Gasteiger partial charge on any atom is -0.479 e. The van der Waals surface area contributed by atoms with Gasteiger partial charge < -0.3 is 20.1 Å².